The van der Waals surface area contributed by atoms with Gasteiger partial charge in [0.25, 0.3) is 0 Å². The molecule has 2 rings (SSSR count). The van der Waals surface area contributed by atoms with E-state index in [2.05, 4.69) is 10.6 Å². The Morgan fingerprint density at radius 3 is 2.74 bits per heavy atom. The second kappa shape index (κ2) is 5.69. The molecule has 0 aliphatic carbocycles. The van der Waals surface area contributed by atoms with E-state index < -0.39 is 6.04 Å². The van der Waals surface area contributed by atoms with Crippen LogP contribution in [0.15, 0.2) is 0 Å². The third kappa shape index (κ3) is 2.78. The van der Waals surface area contributed by atoms with Crippen LogP contribution in [-0.2, 0) is 14.4 Å². The van der Waals surface area contributed by atoms with Crippen LogP contribution in [0, 0.1) is 0 Å². The van der Waals surface area contributed by atoms with Crippen LogP contribution in [0.3, 0.4) is 0 Å². The maximum Gasteiger partial charge on any atom is 0.247 e. The zero-order valence-electron chi connectivity index (χ0n) is 11.4. The van der Waals surface area contributed by atoms with Gasteiger partial charge in [0.2, 0.25) is 17.7 Å². The number of amides is 3. The number of rotatable bonds is 4. The molecule has 3 amide bonds. The van der Waals surface area contributed by atoms with E-state index in [4.69, 9.17) is 0 Å². The van der Waals surface area contributed by atoms with Crippen LogP contribution in [0.5, 0.6) is 0 Å². The predicted molar refractivity (Wildman–Crippen MR) is 69.2 cm³/mol. The van der Waals surface area contributed by atoms with Crippen LogP contribution in [0.2, 0.25) is 0 Å². The van der Waals surface area contributed by atoms with Gasteiger partial charge in [0, 0.05) is 12.6 Å². The summed E-state index contributed by atoms with van der Waals surface area (Å²) in [5.41, 5.74) is 0. The molecule has 3 atom stereocenters. The SMILES string of the molecule is CCC(C)N1C(=O)CC(NC2CCCNC2=O)C1=O. The van der Waals surface area contributed by atoms with Gasteiger partial charge >= 0.3 is 0 Å². The molecule has 3 unspecified atom stereocenters. The lowest BCUT2D eigenvalue weighted by atomic mass is 10.1. The quantitative estimate of drug-likeness (QED) is 0.690. The van der Waals surface area contributed by atoms with Gasteiger partial charge in [-0.1, -0.05) is 6.92 Å². The molecule has 2 saturated heterocycles. The molecule has 106 valence electrons. The van der Waals surface area contributed by atoms with E-state index in [1.165, 1.54) is 4.90 Å². The molecule has 19 heavy (non-hydrogen) atoms. The van der Waals surface area contributed by atoms with E-state index in [0.717, 1.165) is 12.8 Å². The summed E-state index contributed by atoms with van der Waals surface area (Å²) in [5, 5.41) is 5.80. The second-order valence-corrected chi connectivity index (χ2v) is 5.27. The fourth-order valence-electron chi connectivity index (χ4n) is 2.60. The topological polar surface area (TPSA) is 78.5 Å². The van der Waals surface area contributed by atoms with E-state index in [9.17, 15) is 14.4 Å². The zero-order chi connectivity index (χ0) is 14.0. The molecule has 0 bridgehead atoms. The van der Waals surface area contributed by atoms with E-state index in [0.29, 0.717) is 13.0 Å². The fourth-order valence-corrected chi connectivity index (χ4v) is 2.60. The van der Waals surface area contributed by atoms with Gasteiger partial charge in [-0.05, 0) is 26.2 Å². The van der Waals surface area contributed by atoms with Crippen molar-refractivity contribution in [1.82, 2.24) is 15.5 Å². The summed E-state index contributed by atoms with van der Waals surface area (Å²) < 4.78 is 0. The number of hydrogen-bond acceptors (Lipinski definition) is 4. The summed E-state index contributed by atoms with van der Waals surface area (Å²) in [5.74, 6) is -0.417. The third-order valence-electron chi connectivity index (χ3n) is 3.90. The summed E-state index contributed by atoms with van der Waals surface area (Å²) in [6.45, 7) is 4.50. The maximum absolute atomic E-state index is 12.2. The molecule has 0 aromatic carbocycles. The minimum absolute atomic E-state index is 0.0755. The van der Waals surface area contributed by atoms with Crippen LogP contribution >= 0.6 is 0 Å². The lowest BCUT2D eigenvalue weighted by Gasteiger charge is -2.26. The van der Waals surface area contributed by atoms with Crippen molar-refractivity contribution in [3.8, 4) is 0 Å². The smallest absolute Gasteiger partial charge is 0.247 e. The lowest BCUT2D eigenvalue weighted by Crippen LogP contribution is -2.53. The first-order chi connectivity index (χ1) is 9.04. The average molecular weight is 267 g/mol. The van der Waals surface area contributed by atoms with Crippen molar-refractivity contribution < 1.29 is 14.4 Å². The first kappa shape index (κ1) is 14.0. The van der Waals surface area contributed by atoms with Gasteiger partial charge in [-0.15, -0.1) is 0 Å². The minimum atomic E-state index is -0.546. The molecular formula is C13H21N3O3. The zero-order valence-corrected chi connectivity index (χ0v) is 11.4. The van der Waals surface area contributed by atoms with E-state index in [-0.39, 0.29) is 36.2 Å². The molecule has 0 aromatic heterocycles. The summed E-state index contributed by atoms with van der Waals surface area (Å²) >= 11 is 0. The molecule has 0 saturated carbocycles. The largest absolute Gasteiger partial charge is 0.355 e. The number of hydrogen-bond donors (Lipinski definition) is 2. The Balaban J connectivity index is 2.00. The molecule has 2 fully saturated rings. The maximum atomic E-state index is 12.2. The lowest BCUT2D eigenvalue weighted by molar-refractivity contribution is -0.141. The molecule has 0 spiro atoms. The highest BCUT2D eigenvalue weighted by molar-refractivity contribution is 6.06. The number of carbonyl (C=O) groups is 3. The van der Waals surface area contributed by atoms with Gasteiger partial charge in [-0.25, -0.2) is 0 Å². The number of nitrogens with one attached hydrogen (secondary N) is 2. The molecule has 2 N–H and O–H groups in total. The van der Waals surface area contributed by atoms with Gasteiger partial charge in [-0.2, -0.15) is 0 Å². The first-order valence-electron chi connectivity index (χ1n) is 6.94. The molecule has 2 aliphatic heterocycles. The third-order valence-corrected chi connectivity index (χ3v) is 3.90. The van der Waals surface area contributed by atoms with Crippen molar-refractivity contribution in [2.24, 2.45) is 0 Å². The highest BCUT2D eigenvalue weighted by Gasteiger charge is 2.42. The van der Waals surface area contributed by atoms with Gasteiger partial charge in [0.05, 0.1) is 18.5 Å². The molecule has 0 aromatic rings. The summed E-state index contributed by atoms with van der Waals surface area (Å²) in [4.78, 5) is 37.1. The Kier molecular flexibility index (Phi) is 4.19. The summed E-state index contributed by atoms with van der Waals surface area (Å²) in [7, 11) is 0. The highest BCUT2D eigenvalue weighted by Crippen LogP contribution is 2.19. The normalized spacial score (nSPS) is 29.6. The van der Waals surface area contributed by atoms with Crippen LogP contribution in [0.4, 0.5) is 0 Å². The Morgan fingerprint density at radius 1 is 1.37 bits per heavy atom. The van der Waals surface area contributed by atoms with Crippen LogP contribution < -0.4 is 10.6 Å². The number of likely N-dealkylation sites (tertiary alicyclic amines) is 1. The monoisotopic (exact) mass is 267 g/mol. The van der Waals surface area contributed by atoms with Crippen molar-refractivity contribution in [2.45, 2.75) is 57.7 Å². The Morgan fingerprint density at radius 2 is 2.11 bits per heavy atom. The van der Waals surface area contributed by atoms with Gasteiger partial charge < -0.3 is 5.32 Å². The molecule has 2 heterocycles. The summed E-state index contributed by atoms with van der Waals surface area (Å²) in [6, 6.07) is -0.977. The van der Waals surface area contributed by atoms with Crippen LogP contribution in [0.25, 0.3) is 0 Å². The van der Waals surface area contributed by atoms with Crippen LogP contribution in [-0.4, -0.2) is 47.3 Å². The van der Waals surface area contributed by atoms with Crippen molar-refractivity contribution >= 4 is 17.7 Å². The molecule has 6 heteroatoms. The molecular weight excluding hydrogens is 246 g/mol. The average Bonchev–Trinajstić information content (AvgIpc) is 2.66. The van der Waals surface area contributed by atoms with Crippen LogP contribution in [0.1, 0.15) is 39.5 Å². The number of piperidine rings is 1. The van der Waals surface area contributed by atoms with E-state index in [1.54, 1.807) is 0 Å². The molecule has 0 radical (unpaired) electrons. The minimum Gasteiger partial charge on any atom is -0.355 e. The van der Waals surface area contributed by atoms with E-state index >= 15 is 0 Å². The standard InChI is InChI=1S/C13H21N3O3/c1-3-8(2)16-11(17)7-10(13(16)19)15-9-5-4-6-14-12(9)18/h8-10,15H,3-7H2,1-2H3,(H,14,18). The Bertz CT molecular complexity index is 397. The van der Waals surface area contributed by atoms with Crippen molar-refractivity contribution in [2.75, 3.05) is 6.54 Å². The highest BCUT2D eigenvalue weighted by atomic mass is 16.2. The second-order valence-electron chi connectivity index (χ2n) is 5.27. The van der Waals surface area contributed by atoms with Gasteiger partial charge in [0.1, 0.15) is 0 Å². The predicted octanol–water partition coefficient (Wildman–Crippen LogP) is -0.219. The Labute approximate surface area is 112 Å². The molecule has 6 nitrogen and oxygen atoms in total. The number of imide groups is 1. The van der Waals surface area contributed by atoms with Gasteiger partial charge in [0.15, 0.2) is 0 Å². The Hall–Kier alpha value is -1.43. The van der Waals surface area contributed by atoms with Gasteiger partial charge in [-0.3, -0.25) is 24.6 Å². The number of carbonyl (C=O) groups excluding carboxylic acids is 3. The fraction of sp³-hybridized carbons (Fsp3) is 0.769. The molecule has 2 aliphatic rings. The van der Waals surface area contributed by atoms with Crippen molar-refractivity contribution in [3.63, 3.8) is 0 Å². The first-order valence-corrected chi connectivity index (χ1v) is 6.94. The van der Waals surface area contributed by atoms with Crippen molar-refractivity contribution in [3.05, 3.63) is 0 Å². The summed E-state index contributed by atoms with van der Waals surface area (Å²) in [6.07, 6.45) is 2.52. The van der Waals surface area contributed by atoms with Crippen molar-refractivity contribution in [1.29, 1.82) is 0 Å². The number of nitrogens with zero attached hydrogens (tertiary/aromatic N) is 1. The van der Waals surface area contributed by atoms with E-state index in [1.807, 2.05) is 13.8 Å².